The third kappa shape index (κ3) is 5.84. The van der Waals surface area contributed by atoms with E-state index < -0.39 is 0 Å². The van der Waals surface area contributed by atoms with Gasteiger partial charge in [0.05, 0.1) is 31.0 Å². The van der Waals surface area contributed by atoms with Gasteiger partial charge in [-0.15, -0.1) is 11.3 Å². The summed E-state index contributed by atoms with van der Waals surface area (Å²) in [5, 5.41) is 0. The molecule has 0 amide bonds. The molecular weight excluding hydrogens is 387 g/mol. The molecule has 0 aliphatic carbocycles. The fraction of sp³-hybridized carbons (Fsp3) is 0.818. The van der Waals surface area contributed by atoms with Crippen LogP contribution in [0.25, 0.3) is 0 Å². The molecule has 2 aliphatic rings. The largest absolute Gasteiger partial charge is 0.505 e. The number of hydrogen-bond acceptors (Lipinski definition) is 6. The first kappa shape index (κ1) is 23.2. The third-order valence-electron chi connectivity index (χ3n) is 6.18. The van der Waals surface area contributed by atoms with E-state index in [1.807, 2.05) is 18.3 Å². The minimum absolute atomic E-state index is 0.178. The summed E-state index contributed by atoms with van der Waals surface area (Å²) < 4.78 is 30.3. The Labute approximate surface area is 180 Å². The minimum Gasteiger partial charge on any atom is -0.399 e. The average Bonchev–Trinajstić information content (AvgIpc) is 3.17. The molecule has 3 heterocycles. The Morgan fingerprint density at radius 2 is 1.69 bits per heavy atom. The maximum atomic E-state index is 6.15. The molecule has 3 rings (SSSR count). The predicted molar refractivity (Wildman–Crippen MR) is 118 cm³/mol. The van der Waals surface area contributed by atoms with Gasteiger partial charge >= 0.3 is 7.12 Å². The number of hydrogen-bond donors (Lipinski definition) is 0. The van der Waals surface area contributed by atoms with Crippen LogP contribution in [0.15, 0.2) is 12.1 Å². The highest BCUT2D eigenvalue weighted by atomic mass is 32.1. The third-order valence-corrected chi connectivity index (χ3v) is 7.34. The average molecular weight is 424 g/mol. The van der Waals surface area contributed by atoms with Gasteiger partial charge in [-0.1, -0.05) is 18.9 Å². The Morgan fingerprint density at radius 3 is 2.31 bits per heavy atom. The van der Waals surface area contributed by atoms with E-state index in [-0.39, 0.29) is 23.9 Å². The van der Waals surface area contributed by atoms with Crippen molar-refractivity contribution in [3.8, 4) is 0 Å². The monoisotopic (exact) mass is 424 g/mol. The molecule has 0 aromatic carbocycles. The van der Waals surface area contributed by atoms with Gasteiger partial charge in [-0.05, 0) is 59.9 Å². The first-order chi connectivity index (χ1) is 13.8. The molecule has 1 aromatic heterocycles. The van der Waals surface area contributed by atoms with Crippen LogP contribution in [-0.2, 0) is 29.9 Å². The molecule has 0 unspecified atom stereocenters. The van der Waals surface area contributed by atoms with Crippen LogP contribution in [0.5, 0.6) is 0 Å². The zero-order valence-corrected chi connectivity index (χ0v) is 19.6. The van der Waals surface area contributed by atoms with Gasteiger partial charge in [-0.3, -0.25) is 0 Å². The van der Waals surface area contributed by atoms with Gasteiger partial charge in [-0.2, -0.15) is 0 Å². The van der Waals surface area contributed by atoms with E-state index in [9.17, 15) is 0 Å². The van der Waals surface area contributed by atoms with Gasteiger partial charge < -0.3 is 23.5 Å². The number of rotatable bonds is 12. The molecule has 2 fully saturated rings. The molecule has 1 aromatic rings. The first-order valence-corrected chi connectivity index (χ1v) is 11.8. The topological polar surface area (TPSA) is 46.2 Å². The molecule has 0 spiro atoms. The maximum absolute atomic E-state index is 6.15. The van der Waals surface area contributed by atoms with E-state index in [1.54, 1.807) is 0 Å². The highest BCUT2D eigenvalue weighted by Crippen LogP contribution is 2.37. The van der Waals surface area contributed by atoms with Crippen LogP contribution in [0, 0.1) is 0 Å². The normalized spacial score (nSPS) is 22.0. The number of ether oxygens (including phenoxy) is 3. The Balaban J connectivity index is 1.27. The minimum atomic E-state index is -0.280. The van der Waals surface area contributed by atoms with E-state index in [0.29, 0.717) is 26.4 Å². The summed E-state index contributed by atoms with van der Waals surface area (Å²) in [5.74, 6) is 0. The highest BCUT2D eigenvalue weighted by molar-refractivity contribution is 7.22. The lowest BCUT2D eigenvalue weighted by molar-refractivity contribution is -0.230. The molecule has 0 saturated carbocycles. The lowest BCUT2D eigenvalue weighted by Gasteiger charge is -2.40. The summed E-state index contributed by atoms with van der Waals surface area (Å²) >= 11 is 1.82. The van der Waals surface area contributed by atoms with Crippen molar-refractivity contribution < 1.29 is 23.5 Å². The second-order valence-corrected chi connectivity index (χ2v) is 10.4. The molecule has 0 radical (unpaired) electrons. The number of unbranched alkanes of at least 4 members (excludes halogenated alkanes) is 3. The molecule has 164 valence electrons. The Bertz CT molecular complexity index is 625. The summed E-state index contributed by atoms with van der Waals surface area (Å²) in [7, 11) is -0.239. The molecule has 0 bridgehead atoms. The van der Waals surface area contributed by atoms with Gasteiger partial charge in [0.1, 0.15) is 5.60 Å². The molecule has 2 saturated heterocycles. The second-order valence-electron chi connectivity index (χ2n) is 9.22. The fourth-order valence-electron chi connectivity index (χ4n) is 3.57. The van der Waals surface area contributed by atoms with Crippen molar-refractivity contribution in [3.05, 3.63) is 17.0 Å². The fourth-order valence-corrected chi connectivity index (χ4v) is 4.59. The lowest BCUT2D eigenvalue weighted by atomic mass is 9.88. The van der Waals surface area contributed by atoms with E-state index in [1.165, 1.54) is 28.9 Å². The number of aryl methyl sites for hydroxylation is 1. The van der Waals surface area contributed by atoms with Crippen molar-refractivity contribution in [3.63, 3.8) is 0 Å². The van der Waals surface area contributed by atoms with Crippen LogP contribution in [0.3, 0.4) is 0 Å². The molecule has 0 N–H and O–H groups in total. The summed E-state index contributed by atoms with van der Waals surface area (Å²) in [6.07, 6.45) is 5.86. The van der Waals surface area contributed by atoms with Crippen LogP contribution >= 0.6 is 11.3 Å². The quantitative estimate of drug-likeness (QED) is 0.375. The Morgan fingerprint density at radius 1 is 1.00 bits per heavy atom. The van der Waals surface area contributed by atoms with Crippen molar-refractivity contribution in [2.45, 2.75) is 83.5 Å². The zero-order valence-electron chi connectivity index (χ0n) is 18.8. The van der Waals surface area contributed by atoms with Crippen LogP contribution in [0.1, 0.15) is 65.2 Å². The smallest absolute Gasteiger partial charge is 0.399 e. The zero-order chi connectivity index (χ0) is 21.0. The second kappa shape index (κ2) is 9.79. The van der Waals surface area contributed by atoms with E-state index in [4.69, 9.17) is 23.5 Å². The van der Waals surface area contributed by atoms with Crippen molar-refractivity contribution in [1.29, 1.82) is 0 Å². The standard InChI is InChI=1S/C22H37BO5S/c1-6-26-22(16-25-17-22)15-24-14-10-8-7-9-11-18-12-13-19(29-18)23-27-20(2,3)21(4,5)28-23/h12-13H,6-11,14-17H2,1-5H3. The van der Waals surface area contributed by atoms with Gasteiger partial charge in [-0.25, -0.2) is 0 Å². The van der Waals surface area contributed by atoms with Gasteiger partial charge in [0.25, 0.3) is 0 Å². The molecule has 0 atom stereocenters. The summed E-state index contributed by atoms with van der Waals surface area (Å²) in [5.41, 5.74) is -0.738. The highest BCUT2D eigenvalue weighted by Gasteiger charge is 2.52. The van der Waals surface area contributed by atoms with Crippen LogP contribution in [-0.4, -0.2) is 57.0 Å². The van der Waals surface area contributed by atoms with Crippen LogP contribution in [0.4, 0.5) is 0 Å². The van der Waals surface area contributed by atoms with Crippen molar-refractivity contribution in [2.75, 3.05) is 33.0 Å². The van der Waals surface area contributed by atoms with Crippen molar-refractivity contribution in [1.82, 2.24) is 0 Å². The van der Waals surface area contributed by atoms with E-state index >= 15 is 0 Å². The first-order valence-electron chi connectivity index (χ1n) is 11.0. The lowest BCUT2D eigenvalue weighted by Crippen LogP contribution is -2.55. The van der Waals surface area contributed by atoms with Gasteiger partial charge in [0.15, 0.2) is 0 Å². The molecule has 7 heteroatoms. The Hall–Kier alpha value is -0.435. The summed E-state index contributed by atoms with van der Waals surface area (Å²) in [6.45, 7) is 13.9. The molecular formula is C22H37BO5S. The maximum Gasteiger partial charge on any atom is 0.505 e. The Kier molecular flexibility index (Phi) is 7.85. The SMILES string of the molecule is CCOC1(COCCCCCCc2ccc(B3OC(C)(C)C(C)(C)O3)s2)COC1. The molecule has 2 aliphatic heterocycles. The van der Waals surface area contributed by atoms with Gasteiger partial charge in [0, 0.05) is 22.9 Å². The van der Waals surface area contributed by atoms with E-state index in [0.717, 1.165) is 19.4 Å². The van der Waals surface area contributed by atoms with Crippen molar-refractivity contribution >= 4 is 23.2 Å². The van der Waals surface area contributed by atoms with Gasteiger partial charge in [0.2, 0.25) is 0 Å². The van der Waals surface area contributed by atoms with Crippen LogP contribution < -0.4 is 4.78 Å². The summed E-state index contributed by atoms with van der Waals surface area (Å²) in [6, 6.07) is 4.39. The number of thiophene rings is 1. The van der Waals surface area contributed by atoms with Crippen LogP contribution in [0.2, 0.25) is 0 Å². The van der Waals surface area contributed by atoms with E-state index in [2.05, 4.69) is 39.8 Å². The molecule has 29 heavy (non-hydrogen) atoms. The van der Waals surface area contributed by atoms with Crippen molar-refractivity contribution in [2.24, 2.45) is 0 Å². The predicted octanol–water partition coefficient (Wildman–Crippen LogP) is 3.97. The molecule has 5 nitrogen and oxygen atoms in total. The summed E-state index contributed by atoms with van der Waals surface area (Å²) in [4.78, 5) is 1.41.